The topological polar surface area (TPSA) is 9.23 Å². The highest BCUT2D eigenvalue weighted by Crippen LogP contribution is 2.72. The Kier molecular flexibility index (Phi) is 4.72. The zero-order valence-corrected chi connectivity index (χ0v) is 17.7. The van der Waals surface area contributed by atoms with Gasteiger partial charge in [-0.25, -0.2) is 0 Å². The number of hydrogen-bond donors (Lipinski definition) is 0. The van der Waals surface area contributed by atoms with Crippen molar-refractivity contribution in [2.24, 2.45) is 53.3 Å². The lowest BCUT2D eigenvalue weighted by molar-refractivity contribution is -0.404. The first-order chi connectivity index (χ1) is 13.1. The number of rotatable bonds is 3. The van der Waals surface area contributed by atoms with E-state index in [2.05, 4.69) is 13.8 Å². The van der Waals surface area contributed by atoms with Gasteiger partial charge in [0.15, 0.2) is 0 Å². The van der Waals surface area contributed by atoms with E-state index < -0.39 is 35.9 Å². The van der Waals surface area contributed by atoms with E-state index in [1.807, 2.05) is 0 Å². The molecule has 0 heterocycles. The Morgan fingerprint density at radius 2 is 1.24 bits per heavy atom. The standard InChI is InChI=1S/C22H32F6O/c1-10-11(2)15-8-14(10)17-12-6-13(16(7-12)18(15)17)9-20(21(23,24)25,22(26,27)28)29-19(3,4)5/h10-18H,6-9H2,1-5H3. The Balaban J connectivity index is 1.64. The van der Waals surface area contributed by atoms with Crippen LogP contribution in [0.25, 0.3) is 0 Å². The minimum absolute atomic E-state index is 0.0254. The van der Waals surface area contributed by atoms with E-state index >= 15 is 0 Å². The molecule has 0 aromatic carbocycles. The van der Waals surface area contributed by atoms with Crippen molar-refractivity contribution < 1.29 is 31.1 Å². The fraction of sp³-hybridized carbons (Fsp3) is 1.00. The molecule has 4 aliphatic rings. The van der Waals surface area contributed by atoms with E-state index in [9.17, 15) is 26.3 Å². The van der Waals surface area contributed by atoms with Crippen LogP contribution in [0.1, 0.15) is 60.3 Å². The van der Waals surface area contributed by atoms with Gasteiger partial charge in [0.2, 0.25) is 0 Å². The van der Waals surface area contributed by atoms with Crippen molar-refractivity contribution in [2.45, 2.75) is 83.9 Å². The van der Waals surface area contributed by atoms with Crippen LogP contribution >= 0.6 is 0 Å². The molecule has 1 nitrogen and oxygen atoms in total. The minimum Gasteiger partial charge on any atom is -0.352 e. The molecule has 0 spiro atoms. The van der Waals surface area contributed by atoms with Gasteiger partial charge >= 0.3 is 12.4 Å². The van der Waals surface area contributed by atoms with Gasteiger partial charge < -0.3 is 4.74 Å². The molecule has 4 rings (SSSR count). The predicted octanol–water partition coefficient (Wildman–Crippen LogP) is 6.87. The Hall–Kier alpha value is -0.460. The highest BCUT2D eigenvalue weighted by atomic mass is 19.4. The molecule has 4 aliphatic carbocycles. The number of hydrogen-bond acceptors (Lipinski definition) is 1. The quantitative estimate of drug-likeness (QED) is 0.354. The van der Waals surface area contributed by atoms with E-state index in [4.69, 9.17) is 4.74 Å². The van der Waals surface area contributed by atoms with Crippen LogP contribution in [0.4, 0.5) is 26.3 Å². The molecule has 4 saturated carbocycles. The monoisotopic (exact) mass is 426 g/mol. The number of fused-ring (bicyclic) bond motifs is 9. The third-order valence-electron chi connectivity index (χ3n) is 8.93. The second kappa shape index (κ2) is 6.29. The third-order valence-corrected chi connectivity index (χ3v) is 8.93. The van der Waals surface area contributed by atoms with Crippen molar-refractivity contribution in [1.29, 1.82) is 0 Å². The number of halogens is 6. The van der Waals surface area contributed by atoms with Crippen LogP contribution in [-0.4, -0.2) is 23.6 Å². The van der Waals surface area contributed by atoms with Gasteiger partial charge in [0.1, 0.15) is 0 Å². The Bertz CT molecular complexity index is 633. The maximum Gasteiger partial charge on any atom is 0.426 e. The first kappa shape index (κ1) is 21.8. The molecular weight excluding hydrogens is 394 g/mol. The molecule has 0 aromatic heterocycles. The van der Waals surface area contributed by atoms with Gasteiger partial charge in [-0.15, -0.1) is 0 Å². The largest absolute Gasteiger partial charge is 0.426 e. The van der Waals surface area contributed by atoms with Gasteiger partial charge in [-0.05, 0) is 99.7 Å². The van der Waals surface area contributed by atoms with E-state index in [-0.39, 0.29) is 11.8 Å². The number of ether oxygens (including phenoxy) is 1. The van der Waals surface area contributed by atoms with Gasteiger partial charge in [0.05, 0.1) is 5.60 Å². The van der Waals surface area contributed by atoms with Crippen LogP contribution in [0.15, 0.2) is 0 Å². The molecule has 9 unspecified atom stereocenters. The predicted molar refractivity (Wildman–Crippen MR) is 96.9 cm³/mol. The fourth-order valence-corrected chi connectivity index (χ4v) is 8.04. The van der Waals surface area contributed by atoms with Gasteiger partial charge in [-0.3, -0.25) is 0 Å². The van der Waals surface area contributed by atoms with E-state index in [1.165, 1.54) is 20.8 Å². The smallest absolute Gasteiger partial charge is 0.352 e. The Morgan fingerprint density at radius 3 is 1.72 bits per heavy atom. The summed E-state index contributed by atoms with van der Waals surface area (Å²) in [5, 5.41) is 0. The Labute approximate surface area is 168 Å². The molecule has 0 aromatic rings. The molecule has 0 radical (unpaired) electrons. The van der Waals surface area contributed by atoms with Crippen LogP contribution < -0.4 is 0 Å². The van der Waals surface area contributed by atoms with Crippen LogP contribution in [0.5, 0.6) is 0 Å². The zero-order chi connectivity index (χ0) is 21.7. The normalized spacial score (nSPS) is 44.6. The summed E-state index contributed by atoms with van der Waals surface area (Å²) in [6.07, 6.45) is -9.61. The zero-order valence-electron chi connectivity index (χ0n) is 17.7. The first-order valence-corrected chi connectivity index (χ1v) is 10.9. The van der Waals surface area contributed by atoms with Gasteiger partial charge in [0.25, 0.3) is 5.60 Å². The molecule has 0 saturated heterocycles. The molecule has 0 amide bonds. The van der Waals surface area contributed by atoms with Gasteiger partial charge in [-0.2, -0.15) is 26.3 Å². The summed E-state index contributed by atoms with van der Waals surface area (Å²) in [7, 11) is 0. The van der Waals surface area contributed by atoms with Crippen LogP contribution in [0.2, 0.25) is 0 Å². The SMILES string of the molecule is CC1C(C)C2CC1C1C3CC(CC(OC(C)(C)C)(C(F)(F)F)C(F)(F)F)C(C3)C21. The molecule has 4 fully saturated rings. The average molecular weight is 426 g/mol. The van der Waals surface area contributed by atoms with Crippen LogP contribution in [0, 0.1) is 53.3 Å². The van der Waals surface area contributed by atoms with Crippen LogP contribution in [-0.2, 0) is 4.74 Å². The first-order valence-electron chi connectivity index (χ1n) is 10.9. The molecular formula is C22H32F6O. The van der Waals surface area contributed by atoms with E-state index in [0.29, 0.717) is 41.9 Å². The maximum atomic E-state index is 14.0. The summed E-state index contributed by atoms with van der Waals surface area (Å²) in [6.45, 7) is 8.26. The van der Waals surface area contributed by atoms with E-state index in [0.717, 1.165) is 12.8 Å². The summed E-state index contributed by atoms with van der Waals surface area (Å²) in [4.78, 5) is 0. The summed E-state index contributed by atoms with van der Waals surface area (Å²) < 4.78 is 88.8. The average Bonchev–Trinajstić information content (AvgIpc) is 3.23. The molecule has 9 atom stereocenters. The molecule has 0 aliphatic heterocycles. The van der Waals surface area contributed by atoms with Crippen molar-refractivity contribution in [3.63, 3.8) is 0 Å². The van der Waals surface area contributed by atoms with Gasteiger partial charge in [0, 0.05) is 0 Å². The van der Waals surface area contributed by atoms with E-state index in [1.54, 1.807) is 0 Å². The van der Waals surface area contributed by atoms with Crippen molar-refractivity contribution in [3.05, 3.63) is 0 Å². The summed E-state index contributed by atoms with van der Waals surface area (Å²) in [6, 6.07) is 0. The third kappa shape index (κ3) is 3.07. The lowest BCUT2D eigenvalue weighted by Gasteiger charge is -2.47. The fourth-order valence-electron chi connectivity index (χ4n) is 8.04. The maximum absolute atomic E-state index is 14.0. The van der Waals surface area contributed by atoms with Crippen molar-refractivity contribution >= 4 is 0 Å². The minimum atomic E-state index is -5.50. The molecule has 29 heavy (non-hydrogen) atoms. The highest BCUT2D eigenvalue weighted by molar-refractivity contribution is 5.15. The molecule has 7 heteroatoms. The van der Waals surface area contributed by atoms with Gasteiger partial charge in [-0.1, -0.05) is 13.8 Å². The summed E-state index contributed by atoms with van der Waals surface area (Å²) in [5.41, 5.74) is -5.65. The summed E-state index contributed by atoms with van der Waals surface area (Å²) >= 11 is 0. The second-order valence-corrected chi connectivity index (χ2v) is 11.3. The van der Waals surface area contributed by atoms with Crippen molar-refractivity contribution in [1.82, 2.24) is 0 Å². The highest BCUT2D eigenvalue weighted by Gasteiger charge is 2.75. The lowest BCUT2D eigenvalue weighted by atomic mass is 9.61. The molecule has 168 valence electrons. The number of alkyl halides is 6. The lowest BCUT2D eigenvalue weighted by Crippen LogP contribution is -2.62. The van der Waals surface area contributed by atoms with Crippen LogP contribution in [0.3, 0.4) is 0 Å². The molecule has 4 bridgehead atoms. The molecule has 0 N–H and O–H groups in total. The summed E-state index contributed by atoms with van der Waals surface area (Å²) in [5.74, 6) is 2.72. The van der Waals surface area contributed by atoms with Crippen molar-refractivity contribution in [2.75, 3.05) is 0 Å². The Morgan fingerprint density at radius 1 is 0.724 bits per heavy atom. The van der Waals surface area contributed by atoms with Crippen molar-refractivity contribution in [3.8, 4) is 0 Å². The second-order valence-electron chi connectivity index (χ2n) is 11.3.